The van der Waals surface area contributed by atoms with Crippen molar-refractivity contribution in [2.24, 2.45) is 17.8 Å². The van der Waals surface area contributed by atoms with Gasteiger partial charge in [-0.1, -0.05) is 66.7 Å². The van der Waals surface area contributed by atoms with Gasteiger partial charge >= 0.3 is 6.03 Å². The molecule has 4 amide bonds. The van der Waals surface area contributed by atoms with E-state index in [0.717, 1.165) is 39.3 Å². The number of urea groups is 1. The molecule has 4 saturated carbocycles. The van der Waals surface area contributed by atoms with Gasteiger partial charge in [-0.15, -0.1) is 0 Å². The average Bonchev–Trinajstić information content (AvgIpc) is 2.91. The maximum absolute atomic E-state index is 13.4. The third kappa shape index (κ3) is 3.89. The van der Waals surface area contributed by atoms with Crippen LogP contribution in [0.4, 0.5) is 10.5 Å². The summed E-state index contributed by atoms with van der Waals surface area (Å²) in [4.78, 5) is 39.9. The summed E-state index contributed by atoms with van der Waals surface area (Å²) < 4.78 is 0. The van der Waals surface area contributed by atoms with Crippen LogP contribution in [0, 0.1) is 17.8 Å². The molecule has 5 heteroatoms. The Morgan fingerprint density at radius 3 is 1.89 bits per heavy atom. The highest BCUT2D eigenvalue weighted by molar-refractivity contribution is 6.39. The third-order valence-electron chi connectivity index (χ3n) is 9.21. The van der Waals surface area contributed by atoms with E-state index in [2.05, 4.69) is 17.4 Å². The van der Waals surface area contributed by atoms with Crippen molar-refractivity contribution in [3.05, 3.63) is 95.6 Å². The Balaban J connectivity index is 1.14. The number of imide groups is 2. The highest BCUT2D eigenvalue weighted by atomic mass is 16.2. The van der Waals surface area contributed by atoms with Crippen LogP contribution in [-0.4, -0.2) is 17.8 Å². The Hall–Kier alpha value is -3.99. The van der Waals surface area contributed by atoms with Gasteiger partial charge in [-0.2, -0.15) is 0 Å². The highest BCUT2D eigenvalue weighted by Gasteiger charge is 2.51. The van der Waals surface area contributed by atoms with Crippen molar-refractivity contribution in [3.63, 3.8) is 0 Å². The molecule has 1 N–H and O–H groups in total. The molecular formula is C33H30N2O3. The predicted molar refractivity (Wildman–Crippen MR) is 147 cm³/mol. The minimum atomic E-state index is -0.709. The quantitative estimate of drug-likeness (QED) is 0.328. The summed E-state index contributed by atoms with van der Waals surface area (Å²) in [5, 5.41) is 2.35. The van der Waals surface area contributed by atoms with Gasteiger partial charge in [-0.25, -0.2) is 9.69 Å². The average molecular weight is 503 g/mol. The van der Waals surface area contributed by atoms with Gasteiger partial charge in [0.1, 0.15) is 5.57 Å². The smallest absolute Gasteiger partial charge is 0.273 e. The van der Waals surface area contributed by atoms with E-state index in [1.165, 1.54) is 44.1 Å². The lowest BCUT2D eigenvalue weighted by molar-refractivity contribution is -0.122. The summed E-state index contributed by atoms with van der Waals surface area (Å²) in [6.45, 7) is 0. The van der Waals surface area contributed by atoms with E-state index in [1.807, 2.05) is 66.7 Å². The number of amides is 4. The maximum Gasteiger partial charge on any atom is 0.335 e. The van der Waals surface area contributed by atoms with E-state index in [1.54, 1.807) is 6.08 Å². The van der Waals surface area contributed by atoms with Gasteiger partial charge in [0, 0.05) is 0 Å². The molecule has 0 aromatic heterocycles. The molecule has 1 saturated heterocycles. The van der Waals surface area contributed by atoms with Gasteiger partial charge in [-0.05, 0) is 102 Å². The number of carbonyl (C=O) groups excluding carboxylic acids is 3. The van der Waals surface area contributed by atoms with Crippen molar-refractivity contribution in [2.45, 2.75) is 43.9 Å². The van der Waals surface area contributed by atoms with Gasteiger partial charge in [0.05, 0.1) is 5.69 Å². The maximum atomic E-state index is 13.4. The minimum Gasteiger partial charge on any atom is -0.273 e. The van der Waals surface area contributed by atoms with Gasteiger partial charge in [0.2, 0.25) is 0 Å². The molecule has 190 valence electrons. The lowest BCUT2D eigenvalue weighted by Crippen LogP contribution is -2.54. The first-order chi connectivity index (χ1) is 18.5. The molecule has 1 heterocycles. The van der Waals surface area contributed by atoms with Gasteiger partial charge in [0.25, 0.3) is 11.8 Å². The number of carbonyl (C=O) groups is 3. The second kappa shape index (κ2) is 8.80. The Morgan fingerprint density at radius 1 is 0.711 bits per heavy atom. The summed E-state index contributed by atoms with van der Waals surface area (Å²) in [7, 11) is 0. The fourth-order valence-corrected chi connectivity index (χ4v) is 7.89. The number of hydrogen-bond donors (Lipinski definition) is 1. The molecule has 5 fully saturated rings. The molecule has 38 heavy (non-hydrogen) atoms. The number of benzene rings is 3. The summed E-state index contributed by atoms with van der Waals surface area (Å²) >= 11 is 0. The van der Waals surface area contributed by atoms with E-state index in [4.69, 9.17) is 0 Å². The summed E-state index contributed by atoms with van der Waals surface area (Å²) in [5.74, 6) is 1.25. The van der Waals surface area contributed by atoms with Crippen molar-refractivity contribution in [1.82, 2.24) is 5.32 Å². The first-order valence-electron chi connectivity index (χ1n) is 13.6. The monoisotopic (exact) mass is 502 g/mol. The highest BCUT2D eigenvalue weighted by Crippen LogP contribution is 2.60. The number of hydrogen-bond acceptors (Lipinski definition) is 3. The van der Waals surface area contributed by atoms with Crippen LogP contribution in [-0.2, 0) is 15.0 Å². The molecular weight excluding hydrogens is 472 g/mol. The fourth-order valence-electron chi connectivity index (χ4n) is 7.89. The van der Waals surface area contributed by atoms with Crippen molar-refractivity contribution in [1.29, 1.82) is 0 Å². The molecule has 0 unspecified atom stereocenters. The second-order valence-electron chi connectivity index (χ2n) is 11.7. The normalized spacial score (nSPS) is 29.2. The zero-order chi connectivity index (χ0) is 25.9. The third-order valence-corrected chi connectivity index (χ3v) is 9.21. The SMILES string of the molecule is O=C1NC(=O)N(c2ccc(C34CC5CC(CC(C5)C3)C4)cc2)C(=O)/C1=C/c1ccc(-c2ccccc2)cc1. The fraction of sp³-hybridized carbons (Fsp3) is 0.303. The topological polar surface area (TPSA) is 66.5 Å². The molecule has 5 aliphatic rings. The van der Waals surface area contributed by atoms with E-state index in [0.29, 0.717) is 5.69 Å². The lowest BCUT2D eigenvalue weighted by atomic mass is 9.48. The van der Waals surface area contributed by atoms with E-state index in [-0.39, 0.29) is 11.0 Å². The van der Waals surface area contributed by atoms with Crippen molar-refractivity contribution in [2.75, 3.05) is 4.90 Å². The van der Waals surface area contributed by atoms with Gasteiger partial charge in [0.15, 0.2) is 0 Å². The summed E-state index contributed by atoms with van der Waals surface area (Å²) in [6.07, 6.45) is 9.48. The standard InChI is InChI=1S/C33H30N2O3/c36-30-29(17-21-6-8-26(9-7-21)25-4-2-1-3-5-25)31(37)35(32(38)34-30)28-12-10-27(11-13-28)33-18-22-14-23(19-33)16-24(15-22)20-33/h1-13,17,22-24H,14-16,18-20H2,(H,34,36,38)/b29-17+. The summed E-state index contributed by atoms with van der Waals surface area (Å²) in [5.41, 5.74) is 4.86. The molecule has 5 nitrogen and oxygen atoms in total. The first kappa shape index (κ1) is 23.2. The Bertz CT molecular complexity index is 1420. The van der Waals surface area contributed by atoms with Crippen LogP contribution >= 0.6 is 0 Å². The van der Waals surface area contributed by atoms with Gasteiger partial charge in [-0.3, -0.25) is 14.9 Å². The van der Waals surface area contributed by atoms with Crippen molar-refractivity contribution < 1.29 is 14.4 Å². The molecule has 0 atom stereocenters. The first-order valence-corrected chi connectivity index (χ1v) is 13.6. The van der Waals surface area contributed by atoms with Crippen LogP contribution < -0.4 is 10.2 Å². The van der Waals surface area contributed by atoms with Crippen LogP contribution in [0.3, 0.4) is 0 Å². The summed E-state index contributed by atoms with van der Waals surface area (Å²) in [6, 6.07) is 24.9. The number of anilines is 1. The molecule has 0 spiro atoms. The molecule has 4 aliphatic carbocycles. The number of rotatable bonds is 4. The zero-order valence-corrected chi connectivity index (χ0v) is 21.2. The van der Waals surface area contributed by atoms with E-state index < -0.39 is 17.8 Å². The minimum absolute atomic E-state index is 0.0535. The lowest BCUT2D eigenvalue weighted by Gasteiger charge is -2.57. The largest absolute Gasteiger partial charge is 0.335 e. The van der Waals surface area contributed by atoms with Crippen LogP contribution in [0.2, 0.25) is 0 Å². The molecule has 0 radical (unpaired) electrons. The van der Waals surface area contributed by atoms with Crippen molar-refractivity contribution >= 4 is 29.6 Å². The predicted octanol–water partition coefficient (Wildman–Crippen LogP) is 6.49. The molecule has 3 aromatic carbocycles. The molecule has 1 aliphatic heterocycles. The Kier molecular flexibility index (Phi) is 5.36. The van der Waals surface area contributed by atoms with Crippen LogP contribution in [0.25, 0.3) is 17.2 Å². The van der Waals surface area contributed by atoms with E-state index >= 15 is 0 Å². The molecule has 3 aromatic rings. The van der Waals surface area contributed by atoms with Crippen LogP contribution in [0.15, 0.2) is 84.4 Å². The van der Waals surface area contributed by atoms with Crippen LogP contribution in [0.5, 0.6) is 0 Å². The zero-order valence-electron chi connectivity index (χ0n) is 21.2. The Morgan fingerprint density at radius 2 is 1.29 bits per heavy atom. The second-order valence-corrected chi connectivity index (χ2v) is 11.7. The Labute approximate surface area is 222 Å². The van der Waals surface area contributed by atoms with E-state index in [9.17, 15) is 14.4 Å². The number of barbiturate groups is 1. The number of nitrogens with one attached hydrogen (secondary N) is 1. The number of nitrogens with zero attached hydrogens (tertiary/aromatic N) is 1. The van der Waals surface area contributed by atoms with Crippen molar-refractivity contribution in [3.8, 4) is 11.1 Å². The van der Waals surface area contributed by atoms with Crippen LogP contribution in [0.1, 0.15) is 49.7 Å². The molecule has 4 bridgehead atoms. The molecule has 8 rings (SSSR count). The van der Waals surface area contributed by atoms with Gasteiger partial charge < -0.3 is 0 Å².